The van der Waals surface area contributed by atoms with Gasteiger partial charge in [0.2, 0.25) is 5.89 Å². The second-order valence-corrected chi connectivity index (χ2v) is 6.42. The maximum atomic E-state index is 6.21. The second kappa shape index (κ2) is 6.66. The van der Waals surface area contributed by atoms with Gasteiger partial charge in [0.15, 0.2) is 5.76 Å². The highest BCUT2D eigenvalue weighted by Gasteiger charge is 2.20. The van der Waals surface area contributed by atoms with Crippen LogP contribution in [-0.2, 0) is 0 Å². The van der Waals surface area contributed by atoms with Gasteiger partial charge in [0.1, 0.15) is 5.69 Å². The van der Waals surface area contributed by atoms with E-state index in [0.29, 0.717) is 0 Å². The van der Waals surface area contributed by atoms with E-state index < -0.39 is 0 Å². The van der Waals surface area contributed by atoms with Crippen LogP contribution in [0.15, 0.2) is 65.1 Å². The van der Waals surface area contributed by atoms with Gasteiger partial charge in [0.25, 0.3) is 0 Å². The minimum atomic E-state index is 0.722. The van der Waals surface area contributed by atoms with Crippen LogP contribution < -0.4 is 0 Å². The van der Waals surface area contributed by atoms with E-state index >= 15 is 0 Å². The summed E-state index contributed by atoms with van der Waals surface area (Å²) in [5, 5.41) is 0.722. The highest BCUT2D eigenvalue weighted by atomic mass is 35.5. The van der Waals surface area contributed by atoms with Crippen LogP contribution in [0.4, 0.5) is 0 Å². The summed E-state index contributed by atoms with van der Waals surface area (Å²) in [5.41, 5.74) is 4.35. The van der Waals surface area contributed by atoms with Crippen molar-refractivity contribution in [2.75, 3.05) is 0 Å². The van der Waals surface area contributed by atoms with E-state index in [9.17, 15) is 0 Å². The molecule has 120 valence electrons. The van der Waals surface area contributed by atoms with Crippen molar-refractivity contribution in [3.8, 4) is 11.3 Å². The molecule has 24 heavy (non-hydrogen) atoms. The zero-order chi connectivity index (χ0) is 16.4. The van der Waals surface area contributed by atoms with Crippen LogP contribution >= 0.6 is 11.6 Å². The summed E-state index contributed by atoms with van der Waals surface area (Å²) >= 11 is 6.03. The third-order valence-electron chi connectivity index (χ3n) is 4.32. The van der Waals surface area contributed by atoms with Crippen LogP contribution in [0.3, 0.4) is 0 Å². The van der Waals surface area contributed by atoms with E-state index in [1.54, 1.807) is 0 Å². The lowest BCUT2D eigenvalue weighted by Gasteiger charge is -2.07. The Kier molecular flexibility index (Phi) is 4.22. The van der Waals surface area contributed by atoms with Gasteiger partial charge in [-0.1, -0.05) is 48.1 Å². The number of hydrogen-bond donors (Lipinski definition) is 0. The van der Waals surface area contributed by atoms with Crippen molar-refractivity contribution in [1.29, 1.82) is 0 Å². The Morgan fingerprint density at radius 3 is 2.12 bits per heavy atom. The molecule has 0 spiro atoms. The Labute approximate surface area is 146 Å². The van der Waals surface area contributed by atoms with Crippen molar-refractivity contribution in [2.24, 2.45) is 0 Å². The molecule has 2 aliphatic rings. The van der Waals surface area contributed by atoms with E-state index in [1.807, 2.05) is 24.3 Å². The highest BCUT2D eigenvalue weighted by molar-refractivity contribution is 6.30. The standard InChI is InChI=1S/C21H18ClNO/c22-18-13-11-16(12-14-18)20-19(15-7-3-1-4-8-15)23-21(24-20)17-9-5-2-6-10-17/h1-3,5,8,10-14H,4,6-7,9H2. The summed E-state index contributed by atoms with van der Waals surface area (Å²) in [4.78, 5) is 4.85. The molecule has 1 aromatic carbocycles. The number of nitrogens with zero attached hydrogens (tertiary/aromatic N) is 1. The predicted octanol–water partition coefficient (Wildman–Crippen LogP) is 6.46. The second-order valence-electron chi connectivity index (χ2n) is 5.98. The van der Waals surface area contributed by atoms with Crippen LogP contribution in [0.2, 0.25) is 5.02 Å². The molecule has 0 amide bonds. The molecule has 0 unspecified atom stereocenters. The van der Waals surface area contributed by atoms with Crippen molar-refractivity contribution in [1.82, 2.24) is 4.98 Å². The number of aromatic nitrogens is 1. The molecular formula is C21H18ClNO. The number of hydrogen-bond acceptors (Lipinski definition) is 2. The summed E-state index contributed by atoms with van der Waals surface area (Å²) in [6.07, 6.45) is 16.8. The van der Waals surface area contributed by atoms with Gasteiger partial charge in [-0.25, -0.2) is 4.98 Å². The average molecular weight is 336 g/mol. The van der Waals surface area contributed by atoms with Gasteiger partial charge in [0.05, 0.1) is 0 Å². The van der Waals surface area contributed by atoms with Crippen LogP contribution in [-0.4, -0.2) is 4.98 Å². The fraction of sp³-hybridized carbons (Fsp3) is 0.190. The Morgan fingerprint density at radius 2 is 1.50 bits per heavy atom. The zero-order valence-electron chi connectivity index (χ0n) is 13.3. The molecule has 1 heterocycles. The molecule has 2 aromatic rings. The molecule has 0 N–H and O–H groups in total. The lowest BCUT2D eigenvalue weighted by atomic mass is 9.99. The first-order valence-corrected chi connectivity index (χ1v) is 8.64. The van der Waals surface area contributed by atoms with Gasteiger partial charge in [-0.3, -0.25) is 0 Å². The smallest absolute Gasteiger partial charge is 0.223 e. The SMILES string of the molecule is Clc1ccc(-c2oc(C3=CCC=CC3)nc2C2=CCC=CC2)cc1. The number of rotatable bonds is 3. The van der Waals surface area contributed by atoms with Gasteiger partial charge in [-0.05, 0) is 55.5 Å². The van der Waals surface area contributed by atoms with Crippen LogP contribution in [0.1, 0.15) is 37.3 Å². The van der Waals surface area contributed by atoms with E-state index in [1.165, 1.54) is 5.57 Å². The van der Waals surface area contributed by atoms with Crippen molar-refractivity contribution in [3.05, 3.63) is 77.3 Å². The predicted molar refractivity (Wildman–Crippen MR) is 99.7 cm³/mol. The van der Waals surface area contributed by atoms with E-state index in [4.69, 9.17) is 21.0 Å². The molecule has 4 rings (SSSR count). The van der Waals surface area contributed by atoms with Gasteiger partial charge >= 0.3 is 0 Å². The summed E-state index contributed by atoms with van der Waals surface area (Å²) in [5.74, 6) is 1.56. The minimum absolute atomic E-state index is 0.722. The van der Waals surface area contributed by atoms with Gasteiger partial charge < -0.3 is 4.42 Å². The van der Waals surface area contributed by atoms with Gasteiger partial charge in [-0.2, -0.15) is 0 Å². The Hall–Kier alpha value is -2.32. The van der Waals surface area contributed by atoms with Crippen molar-refractivity contribution < 1.29 is 4.42 Å². The Bertz CT molecular complexity index is 866. The molecule has 0 saturated heterocycles. The lowest BCUT2D eigenvalue weighted by Crippen LogP contribution is -1.92. The number of benzene rings is 1. The third-order valence-corrected chi connectivity index (χ3v) is 4.57. The van der Waals surface area contributed by atoms with Crippen molar-refractivity contribution in [3.63, 3.8) is 0 Å². The zero-order valence-corrected chi connectivity index (χ0v) is 14.1. The minimum Gasteiger partial charge on any atom is -0.436 e. The molecule has 0 radical (unpaired) electrons. The number of allylic oxidation sites excluding steroid dienone is 8. The van der Waals surface area contributed by atoms with E-state index in [2.05, 4.69) is 36.5 Å². The lowest BCUT2D eigenvalue weighted by molar-refractivity contribution is 0.553. The molecule has 0 atom stereocenters. The van der Waals surface area contributed by atoms with Gasteiger partial charge in [0, 0.05) is 16.2 Å². The molecule has 3 heteroatoms. The molecule has 2 nitrogen and oxygen atoms in total. The Balaban J connectivity index is 1.80. The van der Waals surface area contributed by atoms with Gasteiger partial charge in [-0.15, -0.1) is 0 Å². The van der Waals surface area contributed by atoms with E-state index in [-0.39, 0.29) is 0 Å². The summed E-state index contributed by atoms with van der Waals surface area (Å²) in [7, 11) is 0. The fourth-order valence-electron chi connectivity index (χ4n) is 3.04. The monoisotopic (exact) mass is 335 g/mol. The van der Waals surface area contributed by atoms with Crippen LogP contribution in [0.25, 0.3) is 22.5 Å². The summed E-state index contributed by atoms with van der Waals surface area (Å²) in [6, 6.07) is 7.76. The fourth-order valence-corrected chi connectivity index (χ4v) is 3.17. The molecule has 0 bridgehead atoms. The third kappa shape index (κ3) is 3.02. The van der Waals surface area contributed by atoms with Crippen LogP contribution in [0, 0.1) is 0 Å². The normalized spacial score (nSPS) is 16.9. The molecular weight excluding hydrogens is 318 g/mol. The maximum Gasteiger partial charge on any atom is 0.223 e. The summed E-state index contributed by atoms with van der Waals surface area (Å²) < 4.78 is 6.21. The number of halogens is 1. The molecule has 1 aromatic heterocycles. The summed E-state index contributed by atoms with van der Waals surface area (Å²) in [6.45, 7) is 0. The first-order valence-electron chi connectivity index (χ1n) is 8.27. The average Bonchev–Trinajstić information content (AvgIpc) is 3.09. The molecule has 0 saturated carbocycles. The first-order chi connectivity index (χ1) is 11.8. The number of oxazole rings is 1. The van der Waals surface area contributed by atoms with Crippen molar-refractivity contribution >= 4 is 22.7 Å². The first kappa shape index (κ1) is 15.2. The quantitative estimate of drug-likeness (QED) is 0.601. The van der Waals surface area contributed by atoms with Crippen LogP contribution in [0.5, 0.6) is 0 Å². The van der Waals surface area contributed by atoms with E-state index in [0.717, 1.165) is 59.2 Å². The highest BCUT2D eigenvalue weighted by Crippen LogP contribution is 2.36. The maximum absolute atomic E-state index is 6.21. The Morgan fingerprint density at radius 1 is 0.833 bits per heavy atom. The molecule has 0 fully saturated rings. The van der Waals surface area contributed by atoms with Crippen molar-refractivity contribution in [2.45, 2.75) is 25.7 Å². The molecule has 0 aliphatic heterocycles. The molecule has 2 aliphatic carbocycles. The largest absolute Gasteiger partial charge is 0.436 e. The topological polar surface area (TPSA) is 26.0 Å².